The van der Waals surface area contributed by atoms with Crippen LogP contribution in [0.1, 0.15) is 37.4 Å². The zero-order valence-corrected chi connectivity index (χ0v) is 9.97. The number of carboxylic acids is 1. The first-order valence-electron chi connectivity index (χ1n) is 4.91. The Kier molecular flexibility index (Phi) is 4.23. The van der Waals surface area contributed by atoms with Crippen molar-refractivity contribution in [1.29, 1.82) is 0 Å². The molecule has 1 aromatic heterocycles. The fraction of sp³-hybridized carbons (Fsp3) is 0.600. The summed E-state index contributed by atoms with van der Waals surface area (Å²) >= 11 is 1.62. The molecule has 4 nitrogen and oxygen atoms in total. The second kappa shape index (κ2) is 5.23. The molecule has 0 aliphatic heterocycles. The van der Waals surface area contributed by atoms with Crippen molar-refractivity contribution in [3.63, 3.8) is 0 Å². The molecule has 0 fully saturated rings. The lowest BCUT2D eigenvalue weighted by molar-refractivity contribution is -0.139. The summed E-state index contributed by atoms with van der Waals surface area (Å²) in [5.74, 6) is -0.407. The van der Waals surface area contributed by atoms with E-state index in [1.165, 1.54) is 0 Å². The van der Waals surface area contributed by atoms with E-state index in [4.69, 9.17) is 5.11 Å². The number of carboxylic acid groups (broad SMARTS) is 1. The summed E-state index contributed by atoms with van der Waals surface area (Å²) in [4.78, 5) is 15.0. The number of carbonyl (C=O) groups is 1. The Hall–Kier alpha value is -0.940. The summed E-state index contributed by atoms with van der Waals surface area (Å²) < 4.78 is 0. The molecule has 0 aliphatic rings. The van der Waals surface area contributed by atoms with Crippen molar-refractivity contribution in [2.45, 2.75) is 39.3 Å². The molecule has 0 saturated carbocycles. The number of thiazole rings is 1. The molecule has 0 aromatic carbocycles. The van der Waals surface area contributed by atoms with Crippen LogP contribution >= 0.6 is 11.3 Å². The molecule has 0 saturated heterocycles. The summed E-state index contributed by atoms with van der Waals surface area (Å²) in [5.41, 5.74) is 0.914. The average molecular weight is 228 g/mol. The third-order valence-corrected chi connectivity index (χ3v) is 3.22. The Bertz CT molecular complexity index is 336. The topological polar surface area (TPSA) is 62.2 Å². The van der Waals surface area contributed by atoms with Gasteiger partial charge >= 0.3 is 5.97 Å². The third-order valence-electron chi connectivity index (χ3n) is 2.02. The number of nitrogens with zero attached hydrogens (tertiary/aromatic N) is 1. The van der Waals surface area contributed by atoms with Gasteiger partial charge in [-0.25, -0.2) is 4.98 Å². The van der Waals surface area contributed by atoms with Gasteiger partial charge in [0.1, 0.15) is 6.04 Å². The van der Waals surface area contributed by atoms with Gasteiger partial charge in [0.05, 0.1) is 10.7 Å². The van der Waals surface area contributed by atoms with Crippen LogP contribution in [0.3, 0.4) is 0 Å². The van der Waals surface area contributed by atoms with Crippen LogP contribution in [0.2, 0.25) is 0 Å². The lowest BCUT2D eigenvalue weighted by Crippen LogP contribution is -2.33. The van der Waals surface area contributed by atoms with Crippen LogP contribution in [0.25, 0.3) is 0 Å². The van der Waals surface area contributed by atoms with Crippen molar-refractivity contribution < 1.29 is 9.90 Å². The molecule has 1 atom stereocenters. The molecule has 0 amide bonds. The number of hydrogen-bond donors (Lipinski definition) is 2. The van der Waals surface area contributed by atoms with Crippen molar-refractivity contribution in [3.05, 3.63) is 16.1 Å². The molecule has 1 rings (SSSR count). The average Bonchev–Trinajstić information content (AvgIpc) is 2.62. The maximum absolute atomic E-state index is 10.6. The van der Waals surface area contributed by atoms with Crippen LogP contribution in [0.15, 0.2) is 5.38 Å². The largest absolute Gasteiger partial charge is 0.480 e. The van der Waals surface area contributed by atoms with Crippen molar-refractivity contribution >= 4 is 17.3 Å². The minimum Gasteiger partial charge on any atom is -0.480 e. The molecule has 5 heteroatoms. The van der Waals surface area contributed by atoms with Gasteiger partial charge < -0.3 is 5.11 Å². The smallest absolute Gasteiger partial charge is 0.320 e. The summed E-state index contributed by atoms with van der Waals surface area (Å²) in [6, 6.07) is -0.533. The molecular weight excluding hydrogens is 212 g/mol. The molecule has 0 spiro atoms. The van der Waals surface area contributed by atoms with Gasteiger partial charge in [-0.3, -0.25) is 10.1 Å². The highest BCUT2D eigenvalue weighted by atomic mass is 32.1. The second-order valence-corrected chi connectivity index (χ2v) is 4.66. The lowest BCUT2D eigenvalue weighted by atomic mass is 10.2. The molecule has 1 unspecified atom stereocenters. The van der Waals surface area contributed by atoms with Crippen LogP contribution < -0.4 is 5.32 Å². The number of aromatic nitrogens is 1. The summed E-state index contributed by atoms with van der Waals surface area (Å²) in [6.45, 7) is 6.32. The van der Waals surface area contributed by atoms with E-state index in [-0.39, 0.29) is 0 Å². The van der Waals surface area contributed by atoms with Crippen LogP contribution in [-0.4, -0.2) is 22.1 Å². The Morgan fingerprint density at radius 3 is 2.73 bits per heavy atom. The van der Waals surface area contributed by atoms with Crippen LogP contribution in [0, 0.1) is 0 Å². The summed E-state index contributed by atoms with van der Waals surface area (Å²) in [7, 11) is 0. The minimum absolute atomic E-state index is 0.431. The molecular formula is C10H16N2O2S. The fourth-order valence-corrected chi connectivity index (χ4v) is 1.85. The highest BCUT2D eigenvalue weighted by Crippen LogP contribution is 2.18. The van der Waals surface area contributed by atoms with Gasteiger partial charge in [-0.2, -0.15) is 0 Å². The number of hydrogen-bond acceptors (Lipinski definition) is 4. The zero-order valence-electron chi connectivity index (χ0n) is 9.15. The van der Waals surface area contributed by atoms with Gasteiger partial charge in [-0.05, 0) is 6.92 Å². The Balaban J connectivity index is 2.47. The van der Waals surface area contributed by atoms with E-state index < -0.39 is 12.0 Å². The molecule has 15 heavy (non-hydrogen) atoms. The number of aliphatic carboxylic acids is 1. The van der Waals surface area contributed by atoms with E-state index in [9.17, 15) is 4.79 Å². The first-order chi connectivity index (χ1) is 7.00. The number of nitrogens with one attached hydrogen (secondary N) is 1. The first kappa shape index (κ1) is 12.1. The zero-order chi connectivity index (χ0) is 11.4. The van der Waals surface area contributed by atoms with E-state index >= 15 is 0 Å². The standard InChI is InChI=1S/C10H16N2O2S/c1-6(2)9-12-8(5-15-9)4-11-7(3)10(13)14/h5-7,11H,4H2,1-3H3,(H,13,14). The van der Waals surface area contributed by atoms with Crippen molar-refractivity contribution in [1.82, 2.24) is 10.3 Å². The molecule has 1 heterocycles. The van der Waals surface area contributed by atoms with Gasteiger partial charge in [-0.15, -0.1) is 11.3 Å². The van der Waals surface area contributed by atoms with Gasteiger partial charge in [0.15, 0.2) is 0 Å². The minimum atomic E-state index is -0.839. The Morgan fingerprint density at radius 2 is 2.27 bits per heavy atom. The summed E-state index contributed by atoms with van der Waals surface area (Å²) in [5, 5.41) is 14.6. The maximum Gasteiger partial charge on any atom is 0.320 e. The van der Waals surface area contributed by atoms with Crippen molar-refractivity contribution in [2.24, 2.45) is 0 Å². The fourth-order valence-electron chi connectivity index (χ4n) is 1.01. The van der Waals surface area contributed by atoms with E-state index in [1.54, 1.807) is 18.3 Å². The van der Waals surface area contributed by atoms with Gasteiger partial charge in [0.2, 0.25) is 0 Å². The third kappa shape index (κ3) is 3.60. The Labute approximate surface area is 93.4 Å². The highest BCUT2D eigenvalue weighted by Gasteiger charge is 2.11. The maximum atomic E-state index is 10.6. The van der Waals surface area contributed by atoms with Crippen LogP contribution in [-0.2, 0) is 11.3 Å². The van der Waals surface area contributed by atoms with Gasteiger partial charge in [0.25, 0.3) is 0 Å². The number of rotatable bonds is 5. The summed E-state index contributed by atoms with van der Waals surface area (Å²) in [6.07, 6.45) is 0. The molecule has 84 valence electrons. The predicted octanol–water partition coefficient (Wildman–Crippen LogP) is 1.83. The molecule has 1 aromatic rings. The van der Waals surface area contributed by atoms with Crippen LogP contribution in [0.5, 0.6) is 0 Å². The predicted molar refractivity (Wildman–Crippen MR) is 60.1 cm³/mol. The Morgan fingerprint density at radius 1 is 1.60 bits per heavy atom. The van der Waals surface area contributed by atoms with E-state index in [1.807, 2.05) is 5.38 Å². The monoisotopic (exact) mass is 228 g/mol. The molecule has 0 aliphatic carbocycles. The normalized spacial score (nSPS) is 13.1. The lowest BCUT2D eigenvalue weighted by Gasteiger charge is -2.06. The van der Waals surface area contributed by atoms with Crippen LogP contribution in [0.4, 0.5) is 0 Å². The highest BCUT2D eigenvalue weighted by molar-refractivity contribution is 7.09. The second-order valence-electron chi connectivity index (χ2n) is 3.77. The molecule has 0 radical (unpaired) electrons. The van der Waals surface area contributed by atoms with Crippen molar-refractivity contribution in [3.8, 4) is 0 Å². The van der Waals surface area contributed by atoms with Gasteiger partial charge in [0, 0.05) is 17.8 Å². The molecule has 2 N–H and O–H groups in total. The van der Waals surface area contributed by atoms with E-state index in [2.05, 4.69) is 24.1 Å². The van der Waals surface area contributed by atoms with E-state index in [0.717, 1.165) is 10.7 Å². The quantitative estimate of drug-likeness (QED) is 0.807. The molecule has 0 bridgehead atoms. The SMILES string of the molecule is CC(NCc1csc(C(C)C)n1)C(=O)O. The first-order valence-corrected chi connectivity index (χ1v) is 5.79. The van der Waals surface area contributed by atoms with E-state index in [0.29, 0.717) is 12.5 Å². The van der Waals surface area contributed by atoms with Crippen molar-refractivity contribution in [2.75, 3.05) is 0 Å². The van der Waals surface area contributed by atoms with Gasteiger partial charge in [-0.1, -0.05) is 13.8 Å².